The van der Waals surface area contributed by atoms with E-state index in [1.807, 2.05) is 6.92 Å². The predicted octanol–water partition coefficient (Wildman–Crippen LogP) is 4.92. The van der Waals surface area contributed by atoms with Gasteiger partial charge < -0.3 is 9.88 Å². The van der Waals surface area contributed by atoms with Crippen LogP contribution in [0, 0.1) is 0 Å². The van der Waals surface area contributed by atoms with Crippen molar-refractivity contribution in [1.29, 1.82) is 0 Å². The third-order valence-electron chi connectivity index (χ3n) is 4.38. The number of nitrogens with zero attached hydrogens (tertiary/aromatic N) is 3. The lowest BCUT2D eigenvalue weighted by molar-refractivity contribution is -0.115. The number of carbonyl (C=O) groups excluding carboxylic acids is 1. The van der Waals surface area contributed by atoms with Gasteiger partial charge in [0.05, 0.1) is 16.0 Å². The van der Waals surface area contributed by atoms with Gasteiger partial charge in [-0.15, -0.1) is 10.2 Å². The molecule has 5 nitrogen and oxygen atoms in total. The normalized spacial score (nSPS) is 18.2. The zero-order valence-electron chi connectivity index (χ0n) is 13.7. The third kappa shape index (κ3) is 3.81. The number of hydrogen-bond donors (Lipinski definition) is 1. The van der Waals surface area contributed by atoms with E-state index >= 15 is 0 Å². The van der Waals surface area contributed by atoms with Crippen LogP contribution in [-0.4, -0.2) is 25.9 Å². The van der Waals surface area contributed by atoms with E-state index in [0.717, 1.165) is 11.0 Å². The van der Waals surface area contributed by atoms with Crippen molar-refractivity contribution in [2.75, 3.05) is 5.32 Å². The molecule has 2 saturated carbocycles. The molecule has 1 aromatic carbocycles. The molecule has 1 aromatic heterocycles. The molecule has 0 radical (unpaired) electrons. The number of hydrogen-bond acceptors (Lipinski definition) is 4. The van der Waals surface area contributed by atoms with Crippen molar-refractivity contribution in [3.63, 3.8) is 0 Å². The van der Waals surface area contributed by atoms with Crippen LogP contribution < -0.4 is 5.32 Å². The van der Waals surface area contributed by atoms with Gasteiger partial charge in [-0.05, 0) is 50.8 Å². The van der Waals surface area contributed by atoms with E-state index in [1.54, 1.807) is 18.2 Å². The molecule has 8 heteroatoms. The fraction of sp³-hybridized carbons (Fsp3) is 0.471. The molecule has 1 N–H and O–H groups in total. The van der Waals surface area contributed by atoms with Crippen LogP contribution in [0.2, 0.25) is 10.0 Å². The highest BCUT2D eigenvalue weighted by atomic mass is 35.5. The molecule has 2 aromatic rings. The number of nitrogens with one attached hydrogen (secondary N) is 1. The summed E-state index contributed by atoms with van der Waals surface area (Å²) in [6.45, 7) is 1.86. The van der Waals surface area contributed by atoms with E-state index < -0.39 is 0 Å². The van der Waals surface area contributed by atoms with Gasteiger partial charge in [-0.2, -0.15) is 0 Å². The molecule has 2 fully saturated rings. The number of aromatic nitrogens is 3. The average molecular weight is 397 g/mol. The Morgan fingerprint density at radius 3 is 2.72 bits per heavy atom. The summed E-state index contributed by atoms with van der Waals surface area (Å²) < 4.78 is 2.25. The first-order valence-corrected chi connectivity index (χ1v) is 10.0. The lowest BCUT2D eigenvalue weighted by atomic mass is 10.3. The fourth-order valence-corrected chi connectivity index (χ4v) is 3.97. The number of carbonyl (C=O) groups is 1. The number of amides is 1. The van der Waals surface area contributed by atoms with Crippen LogP contribution >= 0.6 is 35.0 Å². The van der Waals surface area contributed by atoms with E-state index in [-0.39, 0.29) is 11.2 Å². The Kier molecular flexibility index (Phi) is 4.69. The summed E-state index contributed by atoms with van der Waals surface area (Å²) in [7, 11) is 0. The second-order valence-electron chi connectivity index (χ2n) is 6.59. The molecule has 1 amide bonds. The van der Waals surface area contributed by atoms with Crippen molar-refractivity contribution in [2.24, 2.45) is 0 Å². The van der Waals surface area contributed by atoms with Crippen molar-refractivity contribution in [3.05, 3.63) is 34.1 Å². The van der Waals surface area contributed by atoms with Crippen LogP contribution in [0.3, 0.4) is 0 Å². The van der Waals surface area contributed by atoms with Crippen molar-refractivity contribution < 1.29 is 4.79 Å². The first kappa shape index (κ1) is 17.2. The zero-order chi connectivity index (χ0) is 17.6. The summed E-state index contributed by atoms with van der Waals surface area (Å²) in [6, 6.07) is 5.51. The van der Waals surface area contributed by atoms with Gasteiger partial charge in [-0.25, -0.2) is 0 Å². The number of halogens is 2. The molecule has 0 bridgehead atoms. The minimum atomic E-state index is -0.316. The van der Waals surface area contributed by atoms with Crippen LogP contribution in [0.15, 0.2) is 23.4 Å². The van der Waals surface area contributed by atoms with E-state index in [4.69, 9.17) is 23.2 Å². The summed E-state index contributed by atoms with van der Waals surface area (Å²) >= 11 is 13.5. The average Bonchev–Trinajstić information content (AvgIpc) is 3.50. The Morgan fingerprint density at radius 1 is 1.28 bits per heavy atom. The predicted molar refractivity (Wildman–Crippen MR) is 101 cm³/mol. The van der Waals surface area contributed by atoms with Crippen LogP contribution in [0.5, 0.6) is 0 Å². The molecule has 0 saturated heterocycles. The summed E-state index contributed by atoms with van der Waals surface area (Å²) in [5, 5.41) is 13.1. The Hall–Kier alpha value is -1.24. The quantitative estimate of drug-likeness (QED) is 0.704. The van der Waals surface area contributed by atoms with Crippen LogP contribution in [0.4, 0.5) is 5.69 Å². The maximum absolute atomic E-state index is 12.5. The molecular weight excluding hydrogens is 379 g/mol. The molecule has 0 unspecified atom stereocenters. The Bertz CT molecular complexity index is 817. The van der Waals surface area contributed by atoms with E-state index in [9.17, 15) is 4.79 Å². The molecule has 0 aliphatic heterocycles. The topological polar surface area (TPSA) is 59.8 Å². The Morgan fingerprint density at radius 2 is 2.04 bits per heavy atom. The smallest absolute Gasteiger partial charge is 0.237 e. The van der Waals surface area contributed by atoms with Crippen LogP contribution in [0.1, 0.15) is 50.4 Å². The number of benzene rings is 1. The molecular formula is C17H18Cl2N4OS. The lowest BCUT2D eigenvalue weighted by Crippen LogP contribution is -2.23. The number of thioether (sulfide) groups is 1. The lowest BCUT2D eigenvalue weighted by Gasteiger charge is -2.14. The fourth-order valence-electron chi connectivity index (χ4n) is 2.70. The SMILES string of the molecule is C[C@H](Sc1nnc(C2CC2)n1C1CC1)C(=O)Nc1cc(Cl)ccc1Cl. The van der Waals surface area contributed by atoms with Gasteiger partial charge in [0, 0.05) is 17.0 Å². The standard InChI is InChI=1S/C17H18Cl2N4OS/c1-9(16(24)20-14-8-11(18)4-7-13(14)19)25-17-22-21-15(10-2-3-10)23(17)12-5-6-12/h4,7-10,12H,2-3,5-6H2,1H3,(H,20,24)/t9-/m0/s1. The second kappa shape index (κ2) is 6.82. The minimum Gasteiger partial charge on any atom is -0.324 e. The molecule has 1 heterocycles. The maximum atomic E-state index is 12.5. The molecule has 4 rings (SSSR count). The molecule has 132 valence electrons. The first-order chi connectivity index (χ1) is 12.0. The highest BCUT2D eigenvalue weighted by molar-refractivity contribution is 8.00. The zero-order valence-corrected chi connectivity index (χ0v) is 16.0. The molecule has 2 aliphatic carbocycles. The largest absolute Gasteiger partial charge is 0.324 e. The summed E-state index contributed by atoms with van der Waals surface area (Å²) in [4.78, 5) is 12.5. The van der Waals surface area contributed by atoms with Crippen molar-refractivity contribution in [1.82, 2.24) is 14.8 Å². The summed E-state index contributed by atoms with van der Waals surface area (Å²) in [5.74, 6) is 1.51. The van der Waals surface area contributed by atoms with Crippen LogP contribution in [-0.2, 0) is 4.79 Å². The van der Waals surface area contributed by atoms with Gasteiger partial charge in [-0.1, -0.05) is 35.0 Å². The Balaban J connectivity index is 1.47. The second-order valence-corrected chi connectivity index (χ2v) is 8.74. The minimum absolute atomic E-state index is 0.132. The van der Waals surface area contributed by atoms with Gasteiger partial charge in [-0.3, -0.25) is 4.79 Å². The molecule has 25 heavy (non-hydrogen) atoms. The van der Waals surface area contributed by atoms with Crippen molar-refractivity contribution in [3.8, 4) is 0 Å². The first-order valence-electron chi connectivity index (χ1n) is 8.40. The maximum Gasteiger partial charge on any atom is 0.237 e. The number of anilines is 1. The van der Waals surface area contributed by atoms with E-state index in [0.29, 0.717) is 27.7 Å². The molecule has 0 spiro atoms. The van der Waals surface area contributed by atoms with Gasteiger partial charge >= 0.3 is 0 Å². The highest BCUT2D eigenvalue weighted by Gasteiger charge is 2.37. The highest BCUT2D eigenvalue weighted by Crippen LogP contribution is 2.46. The molecule has 2 aliphatic rings. The monoisotopic (exact) mass is 396 g/mol. The van der Waals surface area contributed by atoms with E-state index in [1.165, 1.54) is 37.4 Å². The summed E-state index contributed by atoms with van der Waals surface area (Å²) in [5.41, 5.74) is 0.522. The van der Waals surface area contributed by atoms with E-state index in [2.05, 4.69) is 20.1 Å². The van der Waals surface area contributed by atoms with Crippen molar-refractivity contribution >= 4 is 46.6 Å². The van der Waals surface area contributed by atoms with Gasteiger partial charge in [0.1, 0.15) is 5.82 Å². The van der Waals surface area contributed by atoms with Gasteiger partial charge in [0.2, 0.25) is 5.91 Å². The molecule has 1 atom stereocenters. The van der Waals surface area contributed by atoms with Crippen molar-refractivity contribution in [2.45, 2.75) is 55.0 Å². The van der Waals surface area contributed by atoms with Crippen LogP contribution in [0.25, 0.3) is 0 Å². The number of rotatable bonds is 6. The summed E-state index contributed by atoms with van der Waals surface area (Å²) in [6.07, 6.45) is 4.73. The third-order valence-corrected chi connectivity index (χ3v) is 6.00. The van der Waals surface area contributed by atoms with Gasteiger partial charge in [0.15, 0.2) is 5.16 Å². The van der Waals surface area contributed by atoms with Gasteiger partial charge in [0.25, 0.3) is 0 Å². The Labute approximate surface area is 160 Å².